The van der Waals surface area contributed by atoms with Crippen molar-refractivity contribution in [2.24, 2.45) is 0 Å². The van der Waals surface area contributed by atoms with Crippen LogP contribution < -0.4 is 10.9 Å². The lowest BCUT2D eigenvalue weighted by Crippen LogP contribution is -2.10. The van der Waals surface area contributed by atoms with Gasteiger partial charge in [-0.05, 0) is 17.7 Å². The van der Waals surface area contributed by atoms with E-state index in [1.54, 1.807) is 0 Å². The van der Waals surface area contributed by atoms with Gasteiger partial charge in [-0.25, -0.2) is 5.43 Å². The van der Waals surface area contributed by atoms with E-state index in [4.69, 9.17) is 11.6 Å². The molecule has 0 radical (unpaired) electrons. The van der Waals surface area contributed by atoms with Crippen LogP contribution in [0.15, 0.2) is 18.2 Å². The van der Waals surface area contributed by atoms with Crippen molar-refractivity contribution in [3.8, 4) is 0 Å². The standard InChI is InChI=1S/C7H7ClN2/c8-6-2-1-5-4-9-10-7(5)3-6/h1-3,9-10H,4H2. The molecule has 0 fully saturated rings. The van der Waals surface area contributed by atoms with Crippen LogP contribution in [-0.2, 0) is 6.54 Å². The van der Waals surface area contributed by atoms with Crippen LogP contribution in [0.3, 0.4) is 0 Å². The van der Waals surface area contributed by atoms with E-state index in [9.17, 15) is 0 Å². The zero-order valence-electron chi connectivity index (χ0n) is 5.32. The highest BCUT2D eigenvalue weighted by Gasteiger charge is 2.07. The Balaban J connectivity index is 2.52. The Bertz CT molecular complexity index is 260. The highest BCUT2D eigenvalue weighted by molar-refractivity contribution is 6.30. The number of hydrogen-bond acceptors (Lipinski definition) is 2. The van der Waals surface area contributed by atoms with Gasteiger partial charge in [-0.2, -0.15) is 0 Å². The van der Waals surface area contributed by atoms with Gasteiger partial charge in [0.25, 0.3) is 0 Å². The van der Waals surface area contributed by atoms with Crippen LogP contribution in [0, 0.1) is 0 Å². The Labute approximate surface area is 64.2 Å². The molecule has 1 aliphatic rings. The quantitative estimate of drug-likeness (QED) is 0.595. The molecular weight excluding hydrogens is 148 g/mol. The summed E-state index contributed by atoms with van der Waals surface area (Å²) in [6.07, 6.45) is 0. The first kappa shape index (κ1) is 6.01. The van der Waals surface area contributed by atoms with Crippen LogP contribution in [-0.4, -0.2) is 0 Å². The number of fused-ring (bicyclic) bond motifs is 1. The smallest absolute Gasteiger partial charge is 0.0548 e. The molecule has 1 aromatic carbocycles. The third kappa shape index (κ3) is 0.856. The Hall–Kier alpha value is -0.730. The van der Waals surface area contributed by atoms with Crippen LogP contribution >= 0.6 is 11.6 Å². The van der Waals surface area contributed by atoms with Gasteiger partial charge in [0, 0.05) is 11.6 Å². The predicted molar refractivity (Wildman–Crippen MR) is 41.9 cm³/mol. The molecule has 0 amide bonds. The van der Waals surface area contributed by atoms with E-state index in [2.05, 4.69) is 10.9 Å². The maximum Gasteiger partial charge on any atom is 0.0548 e. The molecule has 2 rings (SSSR count). The van der Waals surface area contributed by atoms with E-state index in [1.165, 1.54) is 5.56 Å². The molecule has 10 heavy (non-hydrogen) atoms. The second-order valence-corrected chi connectivity index (χ2v) is 2.72. The zero-order valence-corrected chi connectivity index (χ0v) is 6.07. The molecular formula is C7H7ClN2. The molecule has 2 N–H and O–H groups in total. The summed E-state index contributed by atoms with van der Waals surface area (Å²) < 4.78 is 0. The third-order valence-electron chi connectivity index (χ3n) is 1.57. The largest absolute Gasteiger partial charge is 0.321 e. The normalized spacial score (nSPS) is 14.5. The van der Waals surface area contributed by atoms with Crippen LogP contribution in [0.1, 0.15) is 5.56 Å². The summed E-state index contributed by atoms with van der Waals surface area (Å²) in [5, 5.41) is 0.773. The molecule has 2 nitrogen and oxygen atoms in total. The first-order chi connectivity index (χ1) is 4.86. The van der Waals surface area contributed by atoms with Crippen molar-refractivity contribution in [3.63, 3.8) is 0 Å². The first-order valence-electron chi connectivity index (χ1n) is 3.13. The molecule has 0 bridgehead atoms. The maximum atomic E-state index is 5.76. The van der Waals surface area contributed by atoms with E-state index in [0.29, 0.717) is 0 Å². The van der Waals surface area contributed by atoms with Gasteiger partial charge in [0.05, 0.1) is 5.69 Å². The fourth-order valence-corrected chi connectivity index (χ4v) is 1.23. The molecule has 0 saturated carbocycles. The number of anilines is 1. The summed E-state index contributed by atoms with van der Waals surface area (Å²) in [4.78, 5) is 0. The topological polar surface area (TPSA) is 24.1 Å². The number of hydrogen-bond donors (Lipinski definition) is 2. The van der Waals surface area contributed by atoms with Gasteiger partial charge in [-0.15, -0.1) is 0 Å². The minimum absolute atomic E-state index is 0.773. The van der Waals surface area contributed by atoms with Gasteiger partial charge in [-0.1, -0.05) is 17.7 Å². The molecule has 0 unspecified atom stereocenters. The van der Waals surface area contributed by atoms with Crippen molar-refractivity contribution in [1.29, 1.82) is 0 Å². The summed E-state index contributed by atoms with van der Waals surface area (Å²) in [6.45, 7) is 0.881. The fraction of sp³-hybridized carbons (Fsp3) is 0.143. The number of benzene rings is 1. The summed E-state index contributed by atoms with van der Waals surface area (Å²) in [6, 6.07) is 5.83. The highest BCUT2D eigenvalue weighted by atomic mass is 35.5. The lowest BCUT2D eigenvalue weighted by atomic mass is 10.2. The summed E-state index contributed by atoms with van der Waals surface area (Å²) in [5.41, 5.74) is 8.37. The maximum absolute atomic E-state index is 5.76. The van der Waals surface area contributed by atoms with Crippen molar-refractivity contribution >= 4 is 17.3 Å². The average Bonchev–Trinajstić information content (AvgIpc) is 2.33. The molecule has 0 aromatic heterocycles. The van der Waals surface area contributed by atoms with E-state index in [0.717, 1.165) is 17.3 Å². The SMILES string of the molecule is Clc1ccc2c(c1)NNC2. The average molecular weight is 155 g/mol. The van der Waals surface area contributed by atoms with Gasteiger partial charge in [-0.3, -0.25) is 0 Å². The monoisotopic (exact) mass is 154 g/mol. The molecule has 52 valence electrons. The molecule has 0 aliphatic carbocycles. The van der Waals surface area contributed by atoms with Gasteiger partial charge in [0.2, 0.25) is 0 Å². The number of rotatable bonds is 0. The number of halogens is 1. The van der Waals surface area contributed by atoms with Crippen LogP contribution in [0.2, 0.25) is 5.02 Å². The van der Waals surface area contributed by atoms with Crippen LogP contribution in [0.4, 0.5) is 5.69 Å². The fourth-order valence-electron chi connectivity index (χ4n) is 1.05. The van der Waals surface area contributed by atoms with Gasteiger partial charge < -0.3 is 5.43 Å². The molecule has 1 aliphatic heterocycles. The molecule has 1 aromatic rings. The second-order valence-electron chi connectivity index (χ2n) is 2.28. The van der Waals surface area contributed by atoms with Crippen molar-refractivity contribution in [2.75, 3.05) is 5.43 Å². The highest BCUT2D eigenvalue weighted by Crippen LogP contribution is 2.23. The Morgan fingerprint density at radius 2 is 2.30 bits per heavy atom. The van der Waals surface area contributed by atoms with Gasteiger partial charge in [0.15, 0.2) is 0 Å². The summed E-state index contributed by atoms with van der Waals surface area (Å²) in [5.74, 6) is 0. The molecule has 0 saturated heterocycles. The molecule has 0 atom stereocenters. The van der Waals surface area contributed by atoms with Crippen molar-refractivity contribution < 1.29 is 0 Å². The summed E-state index contributed by atoms with van der Waals surface area (Å²) >= 11 is 5.76. The minimum Gasteiger partial charge on any atom is -0.321 e. The zero-order chi connectivity index (χ0) is 6.97. The Morgan fingerprint density at radius 1 is 1.40 bits per heavy atom. The van der Waals surface area contributed by atoms with E-state index in [-0.39, 0.29) is 0 Å². The lowest BCUT2D eigenvalue weighted by molar-refractivity contribution is 0.860. The molecule has 1 heterocycles. The lowest BCUT2D eigenvalue weighted by Gasteiger charge is -1.96. The van der Waals surface area contributed by atoms with Crippen LogP contribution in [0.25, 0.3) is 0 Å². The Morgan fingerprint density at radius 3 is 3.20 bits per heavy atom. The van der Waals surface area contributed by atoms with Crippen molar-refractivity contribution in [2.45, 2.75) is 6.54 Å². The molecule has 0 spiro atoms. The second kappa shape index (κ2) is 2.15. The van der Waals surface area contributed by atoms with E-state index < -0.39 is 0 Å². The third-order valence-corrected chi connectivity index (χ3v) is 1.81. The number of hydrazine groups is 1. The van der Waals surface area contributed by atoms with E-state index >= 15 is 0 Å². The first-order valence-corrected chi connectivity index (χ1v) is 3.51. The predicted octanol–water partition coefficient (Wildman–Crippen LogP) is 1.77. The van der Waals surface area contributed by atoms with Crippen molar-refractivity contribution in [1.82, 2.24) is 5.43 Å². The Kier molecular flexibility index (Phi) is 1.29. The van der Waals surface area contributed by atoms with Gasteiger partial charge >= 0.3 is 0 Å². The number of nitrogens with one attached hydrogen (secondary N) is 2. The van der Waals surface area contributed by atoms with E-state index in [1.807, 2.05) is 18.2 Å². The molecule has 3 heteroatoms. The van der Waals surface area contributed by atoms with Crippen LogP contribution in [0.5, 0.6) is 0 Å². The minimum atomic E-state index is 0.773. The van der Waals surface area contributed by atoms with Gasteiger partial charge in [0.1, 0.15) is 0 Å². The van der Waals surface area contributed by atoms with Crippen molar-refractivity contribution in [3.05, 3.63) is 28.8 Å². The summed E-state index contributed by atoms with van der Waals surface area (Å²) in [7, 11) is 0.